The third-order valence-electron chi connectivity index (χ3n) is 6.83. The highest BCUT2D eigenvalue weighted by Crippen LogP contribution is 2.46. The fourth-order valence-electron chi connectivity index (χ4n) is 5.02. The molecule has 0 radical (unpaired) electrons. The second-order valence-electron chi connectivity index (χ2n) is 11.0. The minimum Gasteiger partial charge on any atom is -0.487 e. The lowest BCUT2D eigenvalue weighted by atomic mass is 9.80. The van der Waals surface area contributed by atoms with Gasteiger partial charge in [-0.15, -0.1) is 0 Å². The molecule has 1 fully saturated rings. The standard InChI is InChI=1S/C28H35N5O3/c1-27(2,3)36-26(34)33-16-14-28(15-17-33)18-22(19-10-7-9-13-23(19)35-28)29-24-20-11-6-8-12-21(20)30-25(31-24)32(4)5/h6-13,22H,14-18H2,1-5H3,(H,29,30,31). The van der Waals surface area contributed by atoms with Crippen LogP contribution in [-0.2, 0) is 4.74 Å². The Balaban J connectivity index is 1.42. The smallest absolute Gasteiger partial charge is 0.410 e. The van der Waals surface area contributed by atoms with Crippen LogP contribution in [0.5, 0.6) is 5.75 Å². The molecule has 0 saturated carbocycles. The normalized spacial score (nSPS) is 18.9. The number of nitrogens with one attached hydrogen (secondary N) is 1. The Labute approximate surface area is 212 Å². The van der Waals surface area contributed by atoms with E-state index in [1.165, 1.54) is 0 Å². The number of carbonyl (C=O) groups excluding carboxylic acids is 1. The molecule has 8 heteroatoms. The molecule has 190 valence electrons. The number of rotatable bonds is 3. The Morgan fingerprint density at radius 3 is 2.50 bits per heavy atom. The van der Waals surface area contributed by atoms with Crippen molar-refractivity contribution < 1.29 is 14.3 Å². The lowest BCUT2D eigenvalue weighted by Gasteiger charge is -2.47. The predicted octanol–water partition coefficient (Wildman–Crippen LogP) is 5.40. The second kappa shape index (κ2) is 9.15. The van der Waals surface area contributed by atoms with Gasteiger partial charge in [-0.2, -0.15) is 4.98 Å². The maximum atomic E-state index is 12.6. The summed E-state index contributed by atoms with van der Waals surface area (Å²) in [7, 11) is 3.90. The molecule has 0 aliphatic carbocycles. The fourth-order valence-corrected chi connectivity index (χ4v) is 5.02. The van der Waals surface area contributed by atoms with Crippen molar-refractivity contribution in [3.8, 4) is 5.75 Å². The summed E-state index contributed by atoms with van der Waals surface area (Å²) < 4.78 is 12.2. The van der Waals surface area contributed by atoms with Gasteiger partial charge in [-0.05, 0) is 39.0 Å². The van der Waals surface area contributed by atoms with Crippen molar-refractivity contribution in [3.63, 3.8) is 0 Å². The van der Waals surface area contributed by atoms with Gasteiger partial charge in [0.05, 0.1) is 11.6 Å². The zero-order chi connectivity index (χ0) is 25.5. The first-order chi connectivity index (χ1) is 17.1. The van der Waals surface area contributed by atoms with Crippen LogP contribution >= 0.6 is 0 Å². The molecule has 2 aliphatic rings. The van der Waals surface area contributed by atoms with Crippen LogP contribution in [0.1, 0.15) is 51.6 Å². The molecule has 1 amide bonds. The Kier molecular flexibility index (Phi) is 6.14. The summed E-state index contributed by atoms with van der Waals surface area (Å²) >= 11 is 0. The molecule has 8 nitrogen and oxygen atoms in total. The number of hydrogen-bond acceptors (Lipinski definition) is 7. The van der Waals surface area contributed by atoms with Gasteiger partial charge in [0.2, 0.25) is 5.95 Å². The lowest BCUT2D eigenvalue weighted by molar-refractivity contribution is -0.0308. The molecule has 2 aromatic carbocycles. The number of anilines is 2. The summed E-state index contributed by atoms with van der Waals surface area (Å²) in [6, 6.07) is 16.3. The first kappa shape index (κ1) is 24.2. The van der Waals surface area contributed by atoms with E-state index in [9.17, 15) is 4.79 Å². The number of nitrogens with zero attached hydrogens (tertiary/aromatic N) is 4. The van der Waals surface area contributed by atoms with Gasteiger partial charge < -0.3 is 24.6 Å². The van der Waals surface area contributed by atoms with Crippen molar-refractivity contribution >= 4 is 28.8 Å². The SMILES string of the molecule is CN(C)c1nc(NC2CC3(CCN(C(=O)OC(C)(C)C)CC3)Oc3ccccc32)c2ccccc2n1. The quantitative estimate of drug-likeness (QED) is 0.528. The first-order valence-electron chi connectivity index (χ1n) is 12.6. The van der Waals surface area contributed by atoms with Gasteiger partial charge >= 0.3 is 6.09 Å². The van der Waals surface area contributed by atoms with Crippen LogP contribution in [-0.4, -0.2) is 59.3 Å². The maximum absolute atomic E-state index is 12.6. The van der Waals surface area contributed by atoms with Crippen LogP contribution in [0, 0.1) is 0 Å². The number of aromatic nitrogens is 2. The molecule has 1 unspecified atom stereocenters. The Bertz CT molecular complexity index is 1260. The average Bonchev–Trinajstić information content (AvgIpc) is 2.83. The monoisotopic (exact) mass is 489 g/mol. The summed E-state index contributed by atoms with van der Waals surface area (Å²) in [6.07, 6.45) is 2.01. The minimum atomic E-state index is -0.507. The Morgan fingerprint density at radius 1 is 1.08 bits per heavy atom. The summed E-state index contributed by atoms with van der Waals surface area (Å²) in [6.45, 7) is 6.89. The molecule has 3 heterocycles. The van der Waals surface area contributed by atoms with Crippen LogP contribution in [0.25, 0.3) is 10.9 Å². The lowest BCUT2D eigenvalue weighted by Crippen LogP contribution is -2.53. The van der Waals surface area contributed by atoms with Crippen LogP contribution in [0.2, 0.25) is 0 Å². The molecule has 1 saturated heterocycles. The van der Waals surface area contributed by atoms with E-state index >= 15 is 0 Å². The van der Waals surface area contributed by atoms with Crippen LogP contribution < -0.4 is 15.0 Å². The number of hydrogen-bond donors (Lipinski definition) is 1. The predicted molar refractivity (Wildman–Crippen MR) is 142 cm³/mol. The van der Waals surface area contributed by atoms with Crippen molar-refractivity contribution in [1.29, 1.82) is 0 Å². The molecule has 0 bridgehead atoms. The molecule has 5 rings (SSSR count). The van der Waals surface area contributed by atoms with E-state index in [2.05, 4.69) is 17.4 Å². The van der Waals surface area contributed by atoms with E-state index in [0.29, 0.717) is 19.0 Å². The van der Waals surface area contributed by atoms with Gasteiger partial charge in [-0.3, -0.25) is 0 Å². The van der Waals surface area contributed by atoms with Crippen molar-refractivity contribution in [2.75, 3.05) is 37.4 Å². The topological polar surface area (TPSA) is 79.8 Å². The van der Waals surface area contributed by atoms with Gasteiger partial charge in [0.25, 0.3) is 0 Å². The maximum Gasteiger partial charge on any atom is 0.410 e. The largest absolute Gasteiger partial charge is 0.487 e. The number of para-hydroxylation sites is 2. The summed E-state index contributed by atoms with van der Waals surface area (Å²) in [5.74, 6) is 2.36. The van der Waals surface area contributed by atoms with E-state index in [4.69, 9.17) is 19.4 Å². The molecule has 1 N–H and O–H groups in total. The highest BCUT2D eigenvalue weighted by atomic mass is 16.6. The van der Waals surface area contributed by atoms with Crippen LogP contribution in [0.15, 0.2) is 48.5 Å². The molecular weight excluding hydrogens is 454 g/mol. The Hall–Kier alpha value is -3.55. The minimum absolute atomic E-state index is 0.0105. The summed E-state index contributed by atoms with van der Waals surface area (Å²) in [5.41, 5.74) is 1.15. The number of ether oxygens (including phenoxy) is 2. The number of carbonyl (C=O) groups is 1. The van der Waals surface area contributed by atoms with Crippen molar-refractivity contribution in [3.05, 3.63) is 54.1 Å². The van der Waals surface area contributed by atoms with E-state index in [1.54, 1.807) is 4.90 Å². The molecule has 3 aromatic rings. The molecular formula is C28H35N5O3. The zero-order valence-electron chi connectivity index (χ0n) is 21.7. The van der Waals surface area contributed by atoms with E-state index < -0.39 is 5.60 Å². The van der Waals surface area contributed by atoms with Crippen molar-refractivity contribution in [1.82, 2.24) is 14.9 Å². The van der Waals surface area contributed by atoms with Gasteiger partial charge in [0.1, 0.15) is 22.8 Å². The van der Waals surface area contributed by atoms with Crippen LogP contribution in [0.3, 0.4) is 0 Å². The third kappa shape index (κ3) is 4.90. The first-order valence-corrected chi connectivity index (χ1v) is 12.6. The molecule has 36 heavy (non-hydrogen) atoms. The average molecular weight is 490 g/mol. The van der Waals surface area contributed by atoms with E-state index in [1.807, 2.05) is 76.2 Å². The molecule has 1 aromatic heterocycles. The van der Waals surface area contributed by atoms with Crippen molar-refractivity contribution in [2.45, 2.75) is 57.3 Å². The summed E-state index contributed by atoms with van der Waals surface area (Å²) in [5, 5.41) is 4.74. The second-order valence-corrected chi connectivity index (χ2v) is 11.0. The molecule has 2 aliphatic heterocycles. The number of amides is 1. The number of piperidine rings is 1. The zero-order valence-corrected chi connectivity index (χ0v) is 21.7. The molecule has 1 atom stereocenters. The van der Waals surface area contributed by atoms with Crippen LogP contribution in [0.4, 0.5) is 16.6 Å². The van der Waals surface area contributed by atoms with Gasteiger partial charge in [-0.1, -0.05) is 30.3 Å². The summed E-state index contributed by atoms with van der Waals surface area (Å²) in [4.78, 5) is 25.9. The third-order valence-corrected chi connectivity index (χ3v) is 6.83. The van der Waals surface area contributed by atoms with E-state index in [0.717, 1.165) is 47.3 Å². The van der Waals surface area contributed by atoms with E-state index in [-0.39, 0.29) is 17.7 Å². The highest BCUT2D eigenvalue weighted by Gasteiger charge is 2.44. The number of likely N-dealkylation sites (tertiary alicyclic amines) is 1. The van der Waals surface area contributed by atoms with Gasteiger partial charge in [0, 0.05) is 57.4 Å². The number of benzene rings is 2. The fraction of sp³-hybridized carbons (Fsp3) is 0.464. The highest BCUT2D eigenvalue weighted by molar-refractivity contribution is 5.90. The van der Waals surface area contributed by atoms with Crippen molar-refractivity contribution in [2.24, 2.45) is 0 Å². The molecule has 1 spiro atoms. The Morgan fingerprint density at radius 2 is 1.78 bits per heavy atom. The van der Waals surface area contributed by atoms with Gasteiger partial charge in [0.15, 0.2) is 0 Å². The number of fused-ring (bicyclic) bond motifs is 2. The van der Waals surface area contributed by atoms with Gasteiger partial charge in [-0.25, -0.2) is 9.78 Å².